The first-order chi connectivity index (χ1) is 14.8. The molecule has 0 unspecified atom stereocenters. The largest absolute Gasteiger partial charge is 0.421 e. The Morgan fingerprint density at radius 1 is 1.26 bits per heavy atom. The first-order valence-electron chi connectivity index (χ1n) is 10.0. The topological polar surface area (TPSA) is 108 Å². The summed E-state index contributed by atoms with van der Waals surface area (Å²) in [5.41, 5.74) is 9.06. The van der Waals surface area contributed by atoms with Gasteiger partial charge >= 0.3 is 0 Å². The number of pyridine rings is 2. The summed E-state index contributed by atoms with van der Waals surface area (Å²) < 4.78 is 6.62. The Hall–Kier alpha value is -2.84. The van der Waals surface area contributed by atoms with Gasteiger partial charge in [0.1, 0.15) is 5.15 Å². The zero-order chi connectivity index (χ0) is 22.3. The zero-order valence-corrected chi connectivity index (χ0v) is 19.3. The van der Waals surface area contributed by atoms with Gasteiger partial charge in [-0.3, -0.25) is 9.78 Å². The molecule has 9 heteroatoms. The van der Waals surface area contributed by atoms with Crippen LogP contribution in [0.5, 0.6) is 0 Å². The van der Waals surface area contributed by atoms with Crippen LogP contribution in [0.15, 0.2) is 22.7 Å². The van der Waals surface area contributed by atoms with E-state index in [1.54, 1.807) is 13.1 Å². The highest BCUT2D eigenvalue weighted by molar-refractivity contribution is 7.22. The van der Waals surface area contributed by atoms with E-state index in [9.17, 15) is 4.79 Å². The molecule has 160 valence electrons. The van der Waals surface area contributed by atoms with Gasteiger partial charge in [0, 0.05) is 23.6 Å². The number of nitrogens with zero attached hydrogens (tertiary/aromatic N) is 4. The number of halogens is 1. The number of aryl methyl sites for hydroxylation is 2. The first-order valence-corrected chi connectivity index (χ1v) is 11.2. The lowest BCUT2D eigenvalue weighted by molar-refractivity contribution is 0.0999. The quantitative estimate of drug-likeness (QED) is 0.399. The number of hydrogen-bond acceptors (Lipinski definition) is 7. The number of hydrogen-bond donors (Lipinski definition) is 1. The minimum absolute atomic E-state index is 0.292. The van der Waals surface area contributed by atoms with Crippen molar-refractivity contribution in [3.8, 4) is 21.9 Å². The van der Waals surface area contributed by atoms with Crippen LogP contribution >= 0.6 is 22.9 Å². The second-order valence-corrected chi connectivity index (χ2v) is 9.11. The summed E-state index contributed by atoms with van der Waals surface area (Å²) in [6, 6.07) is 3.87. The molecule has 0 fully saturated rings. The number of aromatic nitrogens is 4. The maximum Gasteiger partial charge on any atom is 0.251 e. The molecule has 0 aromatic carbocycles. The molecule has 0 saturated carbocycles. The Morgan fingerprint density at radius 3 is 2.61 bits per heavy atom. The second kappa shape index (κ2) is 8.36. The van der Waals surface area contributed by atoms with Crippen molar-refractivity contribution in [2.45, 2.75) is 40.5 Å². The van der Waals surface area contributed by atoms with Crippen molar-refractivity contribution in [1.29, 1.82) is 0 Å². The van der Waals surface area contributed by atoms with Crippen LogP contribution in [0.3, 0.4) is 0 Å². The van der Waals surface area contributed by atoms with E-state index in [2.05, 4.69) is 29.0 Å². The second-order valence-electron chi connectivity index (χ2n) is 7.70. The number of carbonyl (C=O) groups excluding carboxylic acids is 1. The van der Waals surface area contributed by atoms with Crippen molar-refractivity contribution in [2.75, 3.05) is 0 Å². The number of carbonyl (C=O) groups is 1. The molecule has 4 heterocycles. The molecule has 0 aliphatic heterocycles. The first kappa shape index (κ1) is 21.4. The van der Waals surface area contributed by atoms with Crippen LogP contribution in [-0.2, 0) is 12.8 Å². The van der Waals surface area contributed by atoms with Gasteiger partial charge in [0.05, 0.1) is 27.2 Å². The summed E-state index contributed by atoms with van der Waals surface area (Å²) >= 11 is 7.78. The van der Waals surface area contributed by atoms with Crippen molar-refractivity contribution in [3.63, 3.8) is 0 Å². The van der Waals surface area contributed by atoms with Crippen LogP contribution in [0, 0.1) is 12.8 Å². The Labute approximate surface area is 188 Å². The third-order valence-corrected chi connectivity index (χ3v) is 6.48. The summed E-state index contributed by atoms with van der Waals surface area (Å²) in [5, 5.41) is 9.57. The molecule has 2 N–H and O–H groups in total. The summed E-state index contributed by atoms with van der Waals surface area (Å²) in [4.78, 5) is 22.6. The van der Waals surface area contributed by atoms with E-state index < -0.39 is 5.91 Å². The molecule has 7 nitrogen and oxygen atoms in total. The molecule has 0 aliphatic carbocycles. The molecule has 0 bridgehead atoms. The smallest absolute Gasteiger partial charge is 0.251 e. The van der Waals surface area contributed by atoms with Crippen molar-refractivity contribution < 1.29 is 9.21 Å². The Bertz CT molecular complexity index is 1290. The number of amides is 1. The summed E-state index contributed by atoms with van der Waals surface area (Å²) in [6.45, 7) is 7.89. The Morgan fingerprint density at radius 2 is 2.03 bits per heavy atom. The summed E-state index contributed by atoms with van der Waals surface area (Å²) in [5.74, 6) is 0.497. The van der Waals surface area contributed by atoms with E-state index in [1.165, 1.54) is 11.3 Å². The SMILES string of the molecule is CCc1nc(CC(C)C)c(C(N)=O)c(-c2cc3ccnc(Cl)c3s2)c1-c1nnc(C)o1. The molecule has 0 aliphatic rings. The van der Waals surface area contributed by atoms with Gasteiger partial charge in [-0.2, -0.15) is 0 Å². The molecule has 31 heavy (non-hydrogen) atoms. The maximum atomic E-state index is 12.7. The maximum absolute atomic E-state index is 12.7. The summed E-state index contributed by atoms with van der Waals surface area (Å²) in [7, 11) is 0. The monoisotopic (exact) mass is 455 g/mol. The molecular formula is C22H22ClN5O2S. The average Bonchev–Trinajstić information content (AvgIpc) is 3.33. The third kappa shape index (κ3) is 3.93. The molecular weight excluding hydrogens is 434 g/mol. The number of rotatable bonds is 6. The van der Waals surface area contributed by atoms with E-state index in [0.717, 1.165) is 20.7 Å². The molecule has 4 aromatic rings. The van der Waals surface area contributed by atoms with Crippen LogP contribution in [0.25, 0.3) is 32.0 Å². The highest BCUT2D eigenvalue weighted by Crippen LogP contribution is 2.44. The predicted molar refractivity (Wildman–Crippen MR) is 122 cm³/mol. The zero-order valence-electron chi connectivity index (χ0n) is 17.7. The van der Waals surface area contributed by atoms with Crippen LogP contribution in [0.1, 0.15) is 48.4 Å². The van der Waals surface area contributed by atoms with Crippen LogP contribution < -0.4 is 5.73 Å². The fraction of sp³-hybridized carbons (Fsp3) is 0.318. The van der Waals surface area contributed by atoms with Crippen LogP contribution in [0.4, 0.5) is 0 Å². The molecule has 4 rings (SSSR count). The Balaban J connectivity index is 2.14. The molecule has 0 saturated heterocycles. The number of thiophene rings is 1. The van der Waals surface area contributed by atoms with Gasteiger partial charge < -0.3 is 10.2 Å². The standard InChI is InChI=1S/C22H22ClN5O2S/c1-5-13-17(22-28-27-11(4)30-22)18(16(21(24)29)14(26-13)8-10(2)3)15-9-12-6-7-25-20(23)19(12)31-15/h6-7,9-10H,5,8H2,1-4H3,(H2,24,29). The van der Waals surface area contributed by atoms with Crippen LogP contribution in [0.2, 0.25) is 5.15 Å². The van der Waals surface area contributed by atoms with E-state index >= 15 is 0 Å². The normalized spacial score (nSPS) is 11.5. The lowest BCUT2D eigenvalue weighted by Gasteiger charge is -2.18. The predicted octanol–water partition coefficient (Wildman–Crippen LogP) is 5.23. The fourth-order valence-corrected chi connectivity index (χ4v) is 5.05. The Kier molecular flexibility index (Phi) is 5.77. The van der Waals surface area contributed by atoms with E-state index in [-0.39, 0.29) is 0 Å². The minimum Gasteiger partial charge on any atom is -0.421 e. The molecule has 1 amide bonds. The van der Waals surface area contributed by atoms with Gasteiger partial charge in [-0.05, 0) is 36.3 Å². The van der Waals surface area contributed by atoms with Crippen molar-refractivity contribution in [2.24, 2.45) is 11.7 Å². The van der Waals surface area contributed by atoms with Crippen molar-refractivity contribution in [3.05, 3.63) is 46.3 Å². The third-order valence-electron chi connectivity index (χ3n) is 4.91. The molecule has 0 atom stereocenters. The van der Waals surface area contributed by atoms with Gasteiger partial charge in [-0.25, -0.2) is 4.98 Å². The molecule has 0 spiro atoms. The van der Waals surface area contributed by atoms with E-state index in [4.69, 9.17) is 26.7 Å². The summed E-state index contributed by atoms with van der Waals surface area (Å²) in [6.07, 6.45) is 2.91. The molecule has 0 radical (unpaired) electrons. The minimum atomic E-state index is -0.542. The van der Waals surface area contributed by atoms with Gasteiger partial charge in [-0.1, -0.05) is 32.4 Å². The lowest BCUT2D eigenvalue weighted by Crippen LogP contribution is -2.19. The number of nitrogens with two attached hydrogens (primary N) is 1. The number of primary amides is 1. The van der Waals surface area contributed by atoms with Crippen molar-refractivity contribution in [1.82, 2.24) is 20.2 Å². The van der Waals surface area contributed by atoms with Gasteiger partial charge in [0.15, 0.2) is 0 Å². The highest BCUT2D eigenvalue weighted by atomic mass is 35.5. The van der Waals surface area contributed by atoms with E-state index in [0.29, 0.717) is 58.1 Å². The average molecular weight is 456 g/mol. The van der Waals surface area contributed by atoms with Gasteiger partial charge in [-0.15, -0.1) is 21.5 Å². The van der Waals surface area contributed by atoms with E-state index in [1.807, 2.05) is 19.1 Å². The van der Waals surface area contributed by atoms with Crippen LogP contribution in [-0.4, -0.2) is 26.1 Å². The van der Waals surface area contributed by atoms with Gasteiger partial charge in [0.2, 0.25) is 11.8 Å². The lowest BCUT2D eigenvalue weighted by atomic mass is 9.92. The van der Waals surface area contributed by atoms with Gasteiger partial charge in [0.25, 0.3) is 5.91 Å². The molecule has 4 aromatic heterocycles. The van der Waals surface area contributed by atoms with Crippen molar-refractivity contribution >= 4 is 38.9 Å². The fourth-order valence-electron chi connectivity index (χ4n) is 3.67. The number of fused-ring (bicyclic) bond motifs is 1. The highest BCUT2D eigenvalue weighted by Gasteiger charge is 2.28.